The second-order valence-corrected chi connectivity index (χ2v) is 9.60. The molecule has 5 heterocycles. The standard InChI is InChI=1S/C24H27N7O5/c1-24(2,3)18-9-20-27-28-21(19-8-17(11-32)36-30-19)31(20)29-23(18)35-13-15-5-4-14(10-25-15)22(33)26-16-6-7-34-12-16/h4-5,8-10,16,32H,6-7,11-13H2,1-3H3,(H,26,33). The maximum absolute atomic E-state index is 12.4. The fourth-order valence-electron chi connectivity index (χ4n) is 3.82. The molecular formula is C24H27N7O5. The minimum absolute atomic E-state index is 0.0346. The molecule has 1 fully saturated rings. The number of carbonyl (C=O) groups is 1. The Hall–Kier alpha value is -3.90. The number of aromatic nitrogens is 6. The van der Waals surface area contributed by atoms with Gasteiger partial charge in [-0.1, -0.05) is 25.9 Å². The van der Waals surface area contributed by atoms with E-state index in [0.29, 0.717) is 53.3 Å². The number of carbonyl (C=O) groups excluding carboxylic acids is 1. The van der Waals surface area contributed by atoms with Crippen molar-refractivity contribution in [2.75, 3.05) is 13.2 Å². The maximum atomic E-state index is 12.4. The van der Waals surface area contributed by atoms with Crippen LogP contribution in [0.1, 0.15) is 54.6 Å². The van der Waals surface area contributed by atoms with Gasteiger partial charge in [-0.15, -0.1) is 15.3 Å². The van der Waals surface area contributed by atoms with E-state index in [9.17, 15) is 9.90 Å². The molecule has 1 amide bonds. The molecule has 188 valence electrons. The number of hydrogen-bond donors (Lipinski definition) is 2. The molecule has 12 nitrogen and oxygen atoms in total. The minimum Gasteiger partial charge on any atom is -0.470 e. The first kappa shape index (κ1) is 23.8. The van der Waals surface area contributed by atoms with Crippen molar-refractivity contribution >= 4 is 11.6 Å². The quantitative estimate of drug-likeness (QED) is 0.392. The van der Waals surface area contributed by atoms with Crippen LogP contribution in [-0.4, -0.2) is 60.2 Å². The average molecular weight is 494 g/mol. The molecule has 2 N–H and O–H groups in total. The van der Waals surface area contributed by atoms with Crippen molar-refractivity contribution in [3.05, 3.63) is 53.0 Å². The number of pyridine rings is 1. The van der Waals surface area contributed by atoms with Crippen molar-refractivity contribution in [1.82, 2.24) is 35.3 Å². The summed E-state index contributed by atoms with van der Waals surface area (Å²) in [5.41, 5.74) is 2.60. The summed E-state index contributed by atoms with van der Waals surface area (Å²) in [6, 6.07) is 6.97. The number of hydrogen-bond acceptors (Lipinski definition) is 10. The van der Waals surface area contributed by atoms with Gasteiger partial charge in [0, 0.05) is 24.4 Å². The summed E-state index contributed by atoms with van der Waals surface area (Å²) in [6.07, 6.45) is 2.35. The zero-order chi connectivity index (χ0) is 25.3. The Morgan fingerprint density at radius 2 is 2.14 bits per heavy atom. The van der Waals surface area contributed by atoms with Gasteiger partial charge in [-0.2, -0.15) is 4.52 Å². The van der Waals surface area contributed by atoms with Crippen LogP contribution >= 0.6 is 0 Å². The summed E-state index contributed by atoms with van der Waals surface area (Å²) in [5, 5.41) is 29.2. The van der Waals surface area contributed by atoms with Gasteiger partial charge in [-0.3, -0.25) is 9.78 Å². The Labute approximate surface area is 206 Å². The van der Waals surface area contributed by atoms with Gasteiger partial charge in [-0.25, -0.2) is 0 Å². The first-order chi connectivity index (χ1) is 17.3. The number of amides is 1. The summed E-state index contributed by atoms with van der Waals surface area (Å²) < 4.78 is 18.0. The molecule has 12 heteroatoms. The van der Waals surface area contributed by atoms with Gasteiger partial charge >= 0.3 is 0 Å². The first-order valence-electron chi connectivity index (χ1n) is 11.6. The van der Waals surface area contributed by atoms with Crippen LogP contribution < -0.4 is 10.1 Å². The molecule has 0 radical (unpaired) electrons. The molecule has 1 saturated heterocycles. The number of nitrogens with zero attached hydrogens (tertiary/aromatic N) is 6. The van der Waals surface area contributed by atoms with E-state index >= 15 is 0 Å². The highest BCUT2D eigenvalue weighted by Crippen LogP contribution is 2.32. The summed E-state index contributed by atoms with van der Waals surface area (Å²) in [5.74, 6) is 0.890. The molecular weight excluding hydrogens is 466 g/mol. The molecule has 0 aromatic carbocycles. The van der Waals surface area contributed by atoms with Gasteiger partial charge in [0.15, 0.2) is 17.1 Å². The van der Waals surface area contributed by atoms with Crippen LogP contribution in [0.2, 0.25) is 0 Å². The van der Waals surface area contributed by atoms with Gasteiger partial charge in [0.05, 0.1) is 23.9 Å². The van der Waals surface area contributed by atoms with E-state index in [4.69, 9.17) is 14.0 Å². The predicted octanol–water partition coefficient (Wildman–Crippen LogP) is 2.06. The van der Waals surface area contributed by atoms with Crippen LogP contribution in [0.15, 0.2) is 35.0 Å². The summed E-state index contributed by atoms with van der Waals surface area (Å²) in [7, 11) is 0. The number of aliphatic hydroxyl groups excluding tert-OH is 1. The highest BCUT2D eigenvalue weighted by atomic mass is 16.5. The Morgan fingerprint density at radius 1 is 1.28 bits per heavy atom. The van der Waals surface area contributed by atoms with Crippen LogP contribution in [0, 0.1) is 0 Å². The van der Waals surface area contributed by atoms with Gasteiger partial charge in [0.2, 0.25) is 11.7 Å². The summed E-state index contributed by atoms with van der Waals surface area (Å²) in [6.45, 7) is 7.23. The third kappa shape index (κ3) is 4.90. The topological polar surface area (TPSA) is 150 Å². The van der Waals surface area contributed by atoms with E-state index in [1.807, 2.05) is 6.07 Å². The van der Waals surface area contributed by atoms with Gasteiger partial charge in [-0.05, 0) is 30.0 Å². The Kier molecular flexibility index (Phi) is 6.37. The van der Waals surface area contributed by atoms with E-state index < -0.39 is 0 Å². The summed E-state index contributed by atoms with van der Waals surface area (Å²) in [4.78, 5) is 16.8. The van der Waals surface area contributed by atoms with E-state index in [1.165, 1.54) is 10.7 Å². The monoisotopic (exact) mass is 493 g/mol. The zero-order valence-electron chi connectivity index (χ0n) is 20.3. The Balaban J connectivity index is 1.37. The van der Waals surface area contributed by atoms with Crippen molar-refractivity contribution < 1.29 is 23.9 Å². The van der Waals surface area contributed by atoms with E-state index in [0.717, 1.165) is 12.0 Å². The van der Waals surface area contributed by atoms with Crippen LogP contribution in [0.4, 0.5) is 0 Å². The lowest BCUT2D eigenvalue weighted by Gasteiger charge is -2.21. The van der Waals surface area contributed by atoms with Crippen molar-refractivity contribution in [3.8, 4) is 17.4 Å². The van der Waals surface area contributed by atoms with Crippen molar-refractivity contribution in [3.63, 3.8) is 0 Å². The number of fused-ring (bicyclic) bond motifs is 1. The van der Waals surface area contributed by atoms with E-state index in [1.54, 1.807) is 18.2 Å². The van der Waals surface area contributed by atoms with Gasteiger partial charge in [0.1, 0.15) is 13.2 Å². The first-order valence-corrected chi connectivity index (χ1v) is 11.6. The highest BCUT2D eigenvalue weighted by molar-refractivity contribution is 5.94. The number of ether oxygens (including phenoxy) is 2. The molecule has 4 aromatic rings. The molecule has 4 aromatic heterocycles. The SMILES string of the molecule is CC(C)(C)c1cc2nnc(-c3cc(CO)on3)n2nc1OCc1ccc(C(=O)NC2CCOC2)cn1. The molecule has 1 aliphatic heterocycles. The van der Waals surface area contributed by atoms with Crippen molar-refractivity contribution in [1.29, 1.82) is 0 Å². The number of nitrogens with one attached hydrogen (secondary N) is 1. The highest BCUT2D eigenvalue weighted by Gasteiger charge is 2.25. The molecule has 1 aliphatic rings. The van der Waals surface area contributed by atoms with Crippen LogP contribution in [-0.2, 0) is 23.4 Å². The average Bonchev–Trinajstić information content (AvgIpc) is 3.62. The van der Waals surface area contributed by atoms with Crippen molar-refractivity contribution in [2.24, 2.45) is 0 Å². The van der Waals surface area contributed by atoms with Crippen LogP contribution in [0.5, 0.6) is 5.88 Å². The third-order valence-electron chi connectivity index (χ3n) is 5.82. The third-order valence-corrected chi connectivity index (χ3v) is 5.82. The zero-order valence-corrected chi connectivity index (χ0v) is 20.3. The maximum Gasteiger partial charge on any atom is 0.253 e. The van der Waals surface area contributed by atoms with Crippen molar-refractivity contribution in [2.45, 2.75) is 51.9 Å². The molecule has 1 atom stereocenters. The summed E-state index contributed by atoms with van der Waals surface area (Å²) >= 11 is 0. The minimum atomic E-state index is -0.284. The van der Waals surface area contributed by atoms with Gasteiger partial charge in [0.25, 0.3) is 5.91 Å². The number of rotatable bonds is 7. The molecule has 1 unspecified atom stereocenters. The molecule has 0 spiro atoms. The molecule has 0 aliphatic carbocycles. The molecule has 0 saturated carbocycles. The Bertz CT molecular complexity index is 1370. The smallest absolute Gasteiger partial charge is 0.253 e. The molecule has 5 rings (SSSR count). The lowest BCUT2D eigenvalue weighted by molar-refractivity contribution is 0.0929. The fraction of sp³-hybridized carbons (Fsp3) is 0.417. The van der Waals surface area contributed by atoms with Gasteiger partial charge < -0.3 is 24.4 Å². The predicted molar refractivity (Wildman–Crippen MR) is 126 cm³/mol. The normalized spacial score (nSPS) is 15.9. The largest absolute Gasteiger partial charge is 0.470 e. The lowest BCUT2D eigenvalue weighted by Crippen LogP contribution is -2.35. The lowest BCUT2D eigenvalue weighted by atomic mass is 9.88. The van der Waals surface area contributed by atoms with E-state index in [2.05, 4.69) is 51.5 Å². The fourth-order valence-corrected chi connectivity index (χ4v) is 3.82. The van der Waals surface area contributed by atoms with Crippen LogP contribution in [0.3, 0.4) is 0 Å². The van der Waals surface area contributed by atoms with Crippen LogP contribution in [0.25, 0.3) is 17.2 Å². The second-order valence-electron chi connectivity index (χ2n) is 9.60. The number of aliphatic hydroxyl groups is 1. The second kappa shape index (κ2) is 9.63. The van der Waals surface area contributed by atoms with E-state index in [-0.39, 0.29) is 30.6 Å². The molecule has 36 heavy (non-hydrogen) atoms. The molecule has 0 bridgehead atoms. The Morgan fingerprint density at radius 3 is 2.81 bits per heavy atom.